The Morgan fingerprint density at radius 1 is 1.00 bits per heavy atom. The number of nitrogens with zero attached hydrogens (tertiary/aromatic N) is 1. The number of ether oxygens (including phenoxy) is 1. The fraction of sp³-hybridized carbons (Fsp3) is 0.0556. The molecule has 0 heterocycles. The summed E-state index contributed by atoms with van der Waals surface area (Å²) < 4.78 is 5.80. The summed E-state index contributed by atoms with van der Waals surface area (Å²) in [5.41, 5.74) is 1.30. The minimum absolute atomic E-state index is 0.0563. The number of nitriles is 1. The first-order chi connectivity index (χ1) is 10.2. The lowest BCUT2D eigenvalue weighted by atomic mass is 10.1. The van der Waals surface area contributed by atoms with E-state index in [2.05, 4.69) is 6.07 Å². The maximum atomic E-state index is 10.1. The van der Waals surface area contributed by atoms with Crippen molar-refractivity contribution in [2.45, 2.75) is 6.92 Å². The van der Waals surface area contributed by atoms with Gasteiger partial charge in [0.05, 0.1) is 5.56 Å². The lowest BCUT2D eigenvalue weighted by Crippen LogP contribution is -1.92. The van der Waals surface area contributed by atoms with Gasteiger partial charge in [0.15, 0.2) is 11.5 Å². The lowest BCUT2D eigenvalue weighted by Gasteiger charge is -2.12. The van der Waals surface area contributed by atoms with E-state index in [1.807, 2.05) is 37.3 Å². The Balaban J connectivity index is 2.11. The van der Waals surface area contributed by atoms with Gasteiger partial charge in [-0.2, -0.15) is 5.26 Å². The summed E-state index contributed by atoms with van der Waals surface area (Å²) in [6, 6.07) is 18.6. The Kier molecular flexibility index (Phi) is 3.21. The largest absolute Gasteiger partial charge is 0.504 e. The number of fused-ring (bicyclic) bond motifs is 1. The average Bonchev–Trinajstić information content (AvgIpc) is 2.49. The molecule has 0 saturated heterocycles. The standard InChI is InChI=1S/C18H13NO2/c1-12-5-4-8-15(11-19)18(12)21-17-10-14-7-3-2-6-13(14)9-16(17)20/h2-10,20H,1H3. The third-order valence-electron chi connectivity index (χ3n) is 3.37. The second-order valence-electron chi connectivity index (χ2n) is 4.83. The molecule has 3 rings (SSSR count). The van der Waals surface area contributed by atoms with Gasteiger partial charge in [0, 0.05) is 0 Å². The van der Waals surface area contributed by atoms with Crippen molar-refractivity contribution >= 4 is 10.8 Å². The van der Waals surface area contributed by atoms with E-state index in [4.69, 9.17) is 10.00 Å². The van der Waals surface area contributed by atoms with E-state index < -0.39 is 0 Å². The molecular weight excluding hydrogens is 262 g/mol. The van der Waals surface area contributed by atoms with E-state index in [-0.39, 0.29) is 5.75 Å². The molecule has 102 valence electrons. The van der Waals surface area contributed by atoms with E-state index in [9.17, 15) is 5.11 Å². The van der Waals surface area contributed by atoms with Crippen LogP contribution >= 0.6 is 0 Å². The van der Waals surface area contributed by atoms with Crippen LogP contribution in [-0.2, 0) is 0 Å². The molecule has 0 saturated carbocycles. The van der Waals surface area contributed by atoms with Crippen LogP contribution in [0.2, 0.25) is 0 Å². The van der Waals surface area contributed by atoms with Crippen LogP contribution in [0.4, 0.5) is 0 Å². The Labute approximate surface area is 122 Å². The molecule has 0 fully saturated rings. The number of phenolic OH excluding ortho intramolecular Hbond substituents is 1. The van der Waals surface area contributed by atoms with Gasteiger partial charge in [-0.1, -0.05) is 36.4 Å². The molecule has 0 radical (unpaired) electrons. The molecule has 0 aromatic heterocycles. The molecule has 0 amide bonds. The van der Waals surface area contributed by atoms with Gasteiger partial charge in [-0.25, -0.2) is 0 Å². The van der Waals surface area contributed by atoms with Gasteiger partial charge in [-0.15, -0.1) is 0 Å². The van der Waals surface area contributed by atoms with Crippen molar-refractivity contribution in [2.75, 3.05) is 0 Å². The predicted molar refractivity (Wildman–Crippen MR) is 81.6 cm³/mol. The van der Waals surface area contributed by atoms with E-state index in [0.29, 0.717) is 17.1 Å². The fourth-order valence-electron chi connectivity index (χ4n) is 2.28. The second-order valence-corrected chi connectivity index (χ2v) is 4.83. The van der Waals surface area contributed by atoms with Crippen LogP contribution in [0.1, 0.15) is 11.1 Å². The van der Waals surface area contributed by atoms with Gasteiger partial charge in [0.1, 0.15) is 11.8 Å². The Morgan fingerprint density at radius 2 is 1.71 bits per heavy atom. The summed E-state index contributed by atoms with van der Waals surface area (Å²) in [5, 5.41) is 21.2. The van der Waals surface area contributed by atoms with Crippen molar-refractivity contribution in [3.63, 3.8) is 0 Å². The van der Waals surface area contributed by atoms with E-state index in [1.165, 1.54) is 0 Å². The van der Waals surface area contributed by atoms with Crippen LogP contribution in [-0.4, -0.2) is 5.11 Å². The SMILES string of the molecule is Cc1cccc(C#N)c1Oc1cc2ccccc2cc1O. The smallest absolute Gasteiger partial charge is 0.169 e. The monoisotopic (exact) mass is 275 g/mol. The summed E-state index contributed by atoms with van der Waals surface area (Å²) in [4.78, 5) is 0. The van der Waals surface area contributed by atoms with Crippen molar-refractivity contribution in [3.05, 3.63) is 65.7 Å². The molecule has 21 heavy (non-hydrogen) atoms. The normalized spacial score (nSPS) is 10.3. The van der Waals surface area contributed by atoms with Gasteiger partial charge < -0.3 is 9.84 Å². The minimum atomic E-state index is 0.0563. The number of benzene rings is 3. The van der Waals surface area contributed by atoms with Gasteiger partial charge in [-0.05, 0) is 41.5 Å². The van der Waals surface area contributed by atoms with Crippen LogP contribution in [0.3, 0.4) is 0 Å². The average molecular weight is 275 g/mol. The van der Waals surface area contributed by atoms with Crippen LogP contribution in [0, 0.1) is 18.3 Å². The molecule has 3 aromatic carbocycles. The molecule has 3 aromatic rings. The fourth-order valence-corrected chi connectivity index (χ4v) is 2.28. The molecule has 0 atom stereocenters. The number of phenols is 1. The Bertz CT molecular complexity index is 863. The molecular formula is C18H13NO2. The molecule has 1 N–H and O–H groups in total. The van der Waals surface area contributed by atoms with Crippen molar-refractivity contribution < 1.29 is 9.84 Å². The zero-order chi connectivity index (χ0) is 14.8. The molecule has 0 aliphatic carbocycles. The quantitative estimate of drug-likeness (QED) is 0.748. The Hall–Kier alpha value is -2.99. The van der Waals surface area contributed by atoms with Crippen LogP contribution in [0.25, 0.3) is 10.8 Å². The van der Waals surface area contributed by atoms with Crippen molar-refractivity contribution in [2.24, 2.45) is 0 Å². The van der Waals surface area contributed by atoms with Crippen molar-refractivity contribution in [1.82, 2.24) is 0 Å². The zero-order valence-electron chi connectivity index (χ0n) is 11.5. The lowest BCUT2D eigenvalue weighted by molar-refractivity contribution is 0.410. The minimum Gasteiger partial charge on any atom is -0.504 e. The van der Waals surface area contributed by atoms with Gasteiger partial charge in [0.2, 0.25) is 0 Å². The molecule has 0 aliphatic rings. The number of hydrogen-bond donors (Lipinski definition) is 1. The highest BCUT2D eigenvalue weighted by atomic mass is 16.5. The van der Waals surface area contributed by atoms with Crippen molar-refractivity contribution in [1.29, 1.82) is 5.26 Å². The van der Waals surface area contributed by atoms with Gasteiger partial charge in [-0.3, -0.25) is 0 Å². The summed E-state index contributed by atoms with van der Waals surface area (Å²) >= 11 is 0. The summed E-state index contributed by atoms with van der Waals surface area (Å²) in [6.07, 6.45) is 0. The van der Waals surface area contributed by atoms with Gasteiger partial charge >= 0.3 is 0 Å². The first kappa shape index (κ1) is 13.0. The maximum Gasteiger partial charge on any atom is 0.169 e. The number of aromatic hydroxyl groups is 1. The van der Waals surface area contributed by atoms with Crippen LogP contribution in [0.5, 0.6) is 17.2 Å². The van der Waals surface area contributed by atoms with Crippen LogP contribution in [0.15, 0.2) is 54.6 Å². The maximum absolute atomic E-state index is 10.1. The highest BCUT2D eigenvalue weighted by Crippen LogP contribution is 2.36. The number of hydrogen-bond acceptors (Lipinski definition) is 3. The molecule has 3 nitrogen and oxygen atoms in total. The number of rotatable bonds is 2. The van der Waals surface area contributed by atoms with E-state index >= 15 is 0 Å². The van der Waals surface area contributed by atoms with Crippen molar-refractivity contribution in [3.8, 4) is 23.3 Å². The third kappa shape index (κ3) is 2.39. The summed E-state index contributed by atoms with van der Waals surface area (Å²) in [7, 11) is 0. The topological polar surface area (TPSA) is 53.2 Å². The summed E-state index contributed by atoms with van der Waals surface area (Å²) in [5.74, 6) is 0.880. The first-order valence-electron chi connectivity index (χ1n) is 6.58. The van der Waals surface area contributed by atoms with Crippen LogP contribution < -0.4 is 4.74 Å². The summed E-state index contributed by atoms with van der Waals surface area (Å²) in [6.45, 7) is 1.87. The molecule has 0 bridgehead atoms. The first-order valence-corrected chi connectivity index (χ1v) is 6.58. The highest BCUT2D eigenvalue weighted by Gasteiger charge is 2.11. The second kappa shape index (κ2) is 5.18. The third-order valence-corrected chi connectivity index (χ3v) is 3.37. The zero-order valence-corrected chi connectivity index (χ0v) is 11.5. The van der Waals surface area contributed by atoms with E-state index in [1.54, 1.807) is 24.3 Å². The van der Waals surface area contributed by atoms with Gasteiger partial charge in [0.25, 0.3) is 0 Å². The Morgan fingerprint density at radius 3 is 2.43 bits per heavy atom. The predicted octanol–water partition coefficient (Wildman–Crippen LogP) is 4.52. The highest BCUT2D eigenvalue weighted by molar-refractivity contribution is 5.86. The number of aryl methyl sites for hydroxylation is 1. The number of para-hydroxylation sites is 1. The molecule has 0 unspecified atom stereocenters. The van der Waals surface area contributed by atoms with E-state index in [0.717, 1.165) is 16.3 Å². The molecule has 0 spiro atoms. The molecule has 0 aliphatic heterocycles. The molecule has 3 heteroatoms.